The second-order valence-corrected chi connectivity index (χ2v) is 3.86. The Morgan fingerprint density at radius 3 is 2.37 bits per heavy atom. The van der Waals surface area contributed by atoms with Crippen molar-refractivity contribution in [3.8, 4) is 17.0 Å². The minimum Gasteiger partial charge on any atom is -0.406 e. The highest BCUT2D eigenvalue weighted by Gasteiger charge is 2.31. The summed E-state index contributed by atoms with van der Waals surface area (Å²) in [5.74, 6) is -0.0267. The molecular weight excluding hydrogens is 263 g/mol. The summed E-state index contributed by atoms with van der Waals surface area (Å²) in [5, 5.41) is 13.0. The van der Waals surface area contributed by atoms with Crippen LogP contribution in [0.4, 0.5) is 13.2 Å². The summed E-state index contributed by atoms with van der Waals surface area (Å²) in [7, 11) is 0. The summed E-state index contributed by atoms with van der Waals surface area (Å²) >= 11 is 0. The van der Waals surface area contributed by atoms with Crippen LogP contribution < -0.4 is 4.74 Å². The van der Waals surface area contributed by atoms with Crippen molar-refractivity contribution < 1.29 is 27.5 Å². The van der Waals surface area contributed by atoms with E-state index in [4.69, 9.17) is 4.52 Å². The molecule has 1 heterocycles. The smallest absolute Gasteiger partial charge is 0.406 e. The summed E-state index contributed by atoms with van der Waals surface area (Å²) in [6.07, 6.45) is -5.51. The number of hydrogen-bond donors (Lipinski definition) is 1. The van der Waals surface area contributed by atoms with E-state index in [9.17, 15) is 18.3 Å². The first-order chi connectivity index (χ1) is 8.85. The number of aromatic nitrogens is 1. The van der Waals surface area contributed by atoms with E-state index in [-0.39, 0.29) is 11.5 Å². The van der Waals surface area contributed by atoms with Crippen molar-refractivity contribution in [2.45, 2.75) is 19.4 Å². The number of halogens is 3. The fraction of sp³-hybridized carbons (Fsp3) is 0.250. The van der Waals surface area contributed by atoms with Crippen molar-refractivity contribution in [3.05, 3.63) is 36.1 Å². The molecule has 0 aliphatic carbocycles. The summed E-state index contributed by atoms with van der Waals surface area (Å²) in [5.41, 5.74) is 0.986. The van der Waals surface area contributed by atoms with Crippen LogP contribution in [0.5, 0.6) is 5.75 Å². The van der Waals surface area contributed by atoms with Crippen LogP contribution in [-0.2, 0) is 0 Å². The van der Waals surface area contributed by atoms with Crippen molar-refractivity contribution in [1.29, 1.82) is 0 Å². The fourth-order valence-corrected chi connectivity index (χ4v) is 1.45. The normalized spacial score (nSPS) is 13.3. The highest BCUT2D eigenvalue weighted by molar-refractivity contribution is 5.59. The zero-order valence-corrected chi connectivity index (χ0v) is 9.81. The maximum absolute atomic E-state index is 12.0. The Labute approximate surface area is 106 Å². The van der Waals surface area contributed by atoms with Crippen molar-refractivity contribution in [2.75, 3.05) is 0 Å². The molecule has 0 aliphatic heterocycles. The Morgan fingerprint density at radius 2 is 1.89 bits per heavy atom. The van der Waals surface area contributed by atoms with Gasteiger partial charge in [0.2, 0.25) is 0 Å². The summed E-state index contributed by atoms with van der Waals surface area (Å²) in [4.78, 5) is 0. The van der Waals surface area contributed by atoms with Crippen LogP contribution in [0.3, 0.4) is 0 Å². The zero-order chi connectivity index (χ0) is 14.0. The second-order valence-electron chi connectivity index (χ2n) is 3.86. The molecule has 1 atom stereocenters. The minimum absolute atomic E-state index is 0.283. The molecule has 0 saturated carbocycles. The maximum Gasteiger partial charge on any atom is 0.573 e. The summed E-state index contributed by atoms with van der Waals surface area (Å²) in [6.45, 7) is 1.52. The number of alkyl halides is 3. The second kappa shape index (κ2) is 4.93. The molecular formula is C12H10F3NO3. The average molecular weight is 273 g/mol. The van der Waals surface area contributed by atoms with E-state index in [1.165, 1.54) is 37.3 Å². The highest BCUT2D eigenvalue weighted by Crippen LogP contribution is 2.27. The predicted molar refractivity (Wildman–Crippen MR) is 59.3 cm³/mol. The van der Waals surface area contributed by atoms with Gasteiger partial charge in [-0.2, -0.15) is 0 Å². The van der Waals surface area contributed by atoms with Crippen LogP contribution in [0.1, 0.15) is 18.8 Å². The number of rotatable bonds is 3. The molecule has 0 saturated heterocycles. The number of aliphatic hydroxyl groups is 1. The number of hydrogen-bond acceptors (Lipinski definition) is 4. The fourth-order valence-electron chi connectivity index (χ4n) is 1.45. The third-order valence-corrected chi connectivity index (χ3v) is 2.32. The van der Waals surface area contributed by atoms with E-state index in [0.29, 0.717) is 11.3 Å². The zero-order valence-electron chi connectivity index (χ0n) is 9.81. The number of benzene rings is 1. The first-order valence-electron chi connectivity index (χ1n) is 5.36. The van der Waals surface area contributed by atoms with E-state index < -0.39 is 12.5 Å². The van der Waals surface area contributed by atoms with E-state index in [0.717, 1.165) is 0 Å². The molecule has 0 aliphatic rings. The van der Waals surface area contributed by atoms with Gasteiger partial charge in [0.15, 0.2) is 5.76 Å². The maximum atomic E-state index is 12.0. The lowest BCUT2D eigenvalue weighted by molar-refractivity contribution is -0.274. The van der Waals surface area contributed by atoms with Crippen LogP contribution in [0.2, 0.25) is 0 Å². The first kappa shape index (κ1) is 13.4. The Hall–Kier alpha value is -2.02. The topological polar surface area (TPSA) is 55.5 Å². The Morgan fingerprint density at radius 1 is 1.26 bits per heavy atom. The summed E-state index contributed by atoms with van der Waals surface area (Å²) in [6, 6.07) is 6.72. The molecule has 7 heteroatoms. The molecule has 0 bridgehead atoms. The number of nitrogens with zero attached hydrogens (tertiary/aromatic N) is 1. The minimum atomic E-state index is -4.71. The molecule has 1 N–H and O–H groups in total. The van der Waals surface area contributed by atoms with Crippen LogP contribution in [0, 0.1) is 0 Å². The molecule has 1 unspecified atom stereocenters. The number of ether oxygens (including phenoxy) is 1. The van der Waals surface area contributed by atoms with Gasteiger partial charge in [-0.1, -0.05) is 5.16 Å². The van der Waals surface area contributed by atoms with Crippen LogP contribution in [-0.4, -0.2) is 16.6 Å². The van der Waals surface area contributed by atoms with Gasteiger partial charge in [-0.15, -0.1) is 13.2 Å². The molecule has 0 fully saturated rings. The molecule has 0 amide bonds. The van der Waals surface area contributed by atoms with E-state index >= 15 is 0 Å². The van der Waals surface area contributed by atoms with Crippen molar-refractivity contribution in [1.82, 2.24) is 5.16 Å². The van der Waals surface area contributed by atoms with Gasteiger partial charge in [0, 0.05) is 11.6 Å². The SMILES string of the molecule is CC(O)c1cc(-c2ccc(OC(F)(F)F)cc2)no1. The molecule has 19 heavy (non-hydrogen) atoms. The number of aliphatic hydroxyl groups excluding tert-OH is 1. The molecule has 2 rings (SSSR count). The molecule has 0 spiro atoms. The standard InChI is InChI=1S/C12H10F3NO3/c1-7(17)11-6-10(16-19-11)8-2-4-9(5-3-8)18-12(13,14)15/h2-7,17H,1H3. The van der Waals surface area contributed by atoms with Gasteiger partial charge in [-0.05, 0) is 31.2 Å². The van der Waals surface area contributed by atoms with Crippen LogP contribution in [0.25, 0.3) is 11.3 Å². The van der Waals surface area contributed by atoms with Gasteiger partial charge < -0.3 is 14.4 Å². The van der Waals surface area contributed by atoms with Crippen molar-refractivity contribution in [3.63, 3.8) is 0 Å². The predicted octanol–water partition coefficient (Wildman–Crippen LogP) is 3.29. The average Bonchev–Trinajstić information content (AvgIpc) is 2.77. The van der Waals surface area contributed by atoms with Crippen molar-refractivity contribution in [2.24, 2.45) is 0 Å². The lowest BCUT2D eigenvalue weighted by Crippen LogP contribution is -2.16. The molecule has 2 aromatic rings. The van der Waals surface area contributed by atoms with Gasteiger partial charge in [0.25, 0.3) is 0 Å². The summed E-state index contributed by atoms with van der Waals surface area (Å²) < 4.78 is 44.6. The lowest BCUT2D eigenvalue weighted by atomic mass is 10.1. The molecule has 102 valence electrons. The van der Waals surface area contributed by atoms with Gasteiger partial charge in [0.05, 0.1) is 0 Å². The van der Waals surface area contributed by atoms with Crippen LogP contribution >= 0.6 is 0 Å². The lowest BCUT2D eigenvalue weighted by Gasteiger charge is -2.08. The Balaban J connectivity index is 2.17. The first-order valence-corrected chi connectivity index (χ1v) is 5.36. The van der Waals surface area contributed by atoms with Gasteiger partial charge in [-0.25, -0.2) is 0 Å². The quantitative estimate of drug-likeness (QED) is 0.932. The van der Waals surface area contributed by atoms with Gasteiger partial charge >= 0.3 is 6.36 Å². The van der Waals surface area contributed by atoms with E-state index in [1.54, 1.807) is 0 Å². The monoisotopic (exact) mass is 273 g/mol. The molecule has 1 aromatic carbocycles. The van der Waals surface area contributed by atoms with Gasteiger partial charge in [-0.3, -0.25) is 0 Å². The Bertz CT molecular complexity index is 546. The van der Waals surface area contributed by atoms with E-state index in [1.807, 2.05) is 0 Å². The molecule has 0 radical (unpaired) electrons. The van der Waals surface area contributed by atoms with Crippen molar-refractivity contribution >= 4 is 0 Å². The third kappa shape index (κ3) is 3.47. The van der Waals surface area contributed by atoms with Gasteiger partial charge in [0.1, 0.15) is 17.5 Å². The third-order valence-electron chi connectivity index (χ3n) is 2.32. The molecule has 1 aromatic heterocycles. The highest BCUT2D eigenvalue weighted by atomic mass is 19.4. The Kier molecular flexibility index (Phi) is 3.48. The van der Waals surface area contributed by atoms with E-state index in [2.05, 4.69) is 9.89 Å². The molecule has 4 nitrogen and oxygen atoms in total. The van der Waals surface area contributed by atoms with Crippen LogP contribution in [0.15, 0.2) is 34.9 Å². The largest absolute Gasteiger partial charge is 0.573 e.